The van der Waals surface area contributed by atoms with Gasteiger partial charge < -0.3 is 4.90 Å². The highest BCUT2D eigenvalue weighted by molar-refractivity contribution is 5.96. The number of aromatic nitrogens is 2. The lowest BCUT2D eigenvalue weighted by Crippen LogP contribution is -2.43. The summed E-state index contributed by atoms with van der Waals surface area (Å²) < 4.78 is 2.16. The molecule has 1 atom stereocenters. The van der Waals surface area contributed by atoms with Crippen molar-refractivity contribution in [1.82, 2.24) is 19.4 Å². The summed E-state index contributed by atoms with van der Waals surface area (Å²) in [5.74, 6) is 1.08. The second-order valence-corrected chi connectivity index (χ2v) is 8.92. The molecule has 0 bridgehead atoms. The number of nitrogens with zero attached hydrogens (tertiary/aromatic N) is 4. The van der Waals surface area contributed by atoms with E-state index in [1.807, 2.05) is 56.1 Å². The van der Waals surface area contributed by atoms with Crippen molar-refractivity contribution in [3.05, 3.63) is 59.4 Å². The smallest absolute Gasteiger partial charge is 0.254 e. The van der Waals surface area contributed by atoms with Crippen molar-refractivity contribution < 1.29 is 4.79 Å². The summed E-state index contributed by atoms with van der Waals surface area (Å²) in [6, 6.07) is 15.4. The Labute approximate surface area is 178 Å². The quantitative estimate of drug-likeness (QED) is 0.652. The maximum absolute atomic E-state index is 13.3. The first-order valence-electron chi connectivity index (χ1n) is 11.1. The molecule has 5 nitrogen and oxygen atoms in total. The SMILES string of the molecule is Cc1cc(-n2c(C)nc3ccccc32)ccc1C(=O)N(C)C1CCN(C2CCC2)C1. The number of likely N-dealkylation sites (tertiary alicyclic amines) is 1. The topological polar surface area (TPSA) is 41.4 Å². The average molecular weight is 403 g/mol. The highest BCUT2D eigenvalue weighted by Crippen LogP contribution is 2.30. The summed E-state index contributed by atoms with van der Waals surface area (Å²) in [7, 11) is 1.97. The molecule has 0 spiro atoms. The molecule has 3 aromatic rings. The fraction of sp³-hybridized carbons (Fsp3) is 0.440. The van der Waals surface area contributed by atoms with E-state index in [1.54, 1.807) is 0 Å². The third kappa shape index (κ3) is 3.21. The molecular formula is C25H30N4O. The molecule has 0 N–H and O–H groups in total. The van der Waals surface area contributed by atoms with Gasteiger partial charge in [0.05, 0.1) is 11.0 Å². The molecule has 30 heavy (non-hydrogen) atoms. The lowest BCUT2D eigenvalue weighted by atomic mass is 9.92. The Morgan fingerprint density at radius 2 is 1.90 bits per heavy atom. The molecule has 5 heteroatoms. The highest BCUT2D eigenvalue weighted by atomic mass is 16.2. The van der Waals surface area contributed by atoms with Gasteiger partial charge >= 0.3 is 0 Å². The molecule has 2 aromatic carbocycles. The Hall–Kier alpha value is -2.66. The second kappa shape index (κ2) is 7.55. The molecule has 2 fully saturated rings. The van der Waals surface area contributed by atoms with Crippen LogP contribution in [0.2, 0.25) is 0 Å². The fourth-order valence-electron chi connectivity index (χ4n) is 5.02. The summed E-state index contributed by atoms with van der Waals surface area (Å²) in [4.78, 5) is 22.5. The van der Waals surface area contributed by atoms with E-state index in [2.05, 4.69) is 26.6 Å². The zero-order valence-corrected chi connectivity index (χ0v) is 18.1. The number of rotatable bonds is 4. The number of likely N-dealkylation sites (N-methyl/N-ethyl adjacent to an activating group) is 1. The summed E-state index contributed by atoms with van der Waals surface area (Å²) in [5, 5.41) is 0. The summed E-state index contributed by atoms with van der Waals surface area (Å²) in [5.41, 5.74) is 4.94. The minimum absolute atomic E-state index is 0.131. The van der Waals surface area contributed by atoms with Crippen LogP contribution in [0.25, 0.3) is 16.7 Å². The molecule has 2 aliphatic rings. The number of carbonyl (C=O) groups excluding carboxylic acids is 1. The molecule has 1 aliphatic carbocycles. The van der Waals surface area contributed by atoms with Crippen molar-refractivity contribution in [1.29, 1.82) is 0 Å². The fourth-order valence-corrected chi connectivity index (χ4v) is 5.02. The molecule has 1 saturated carbocycles. The van der Waals surface area contributed by atoms with Crippen molar-refractivity contribution in [3.8, 4) is 5.69 Å². The molecule has 1 aliphatic heterocycles. The van der Waals surface area contributed by atoms with E-state index >= 15 is 0 Å². The van der Waals surface area contributed by atoms with Gasteiger partial charge in [0.25, 0.3) is 5.91 Å². The monoisotopic (exact) mass is 402 g/mol. The van der Waals surface area contributed by atoms with Crippen LogP contribution in [0.3, 0.4) is 0 Å². The molecule has 0 radical (unpaired) electrons. The van der Waals surface area contributed by atoms with Gasteiger partial charge in [0, 0.05) is 43.5 Å². The van der Waals surface area contributed by atoms with Crippen molar-refractivity contribution in [2.45, 2.75) is 51.6 Å². The summed E-state index contributed by atoms with van der Waals surface area (Å²) >= 11 is 0. The molecule has 1 amide bonds. The third-order valence-corrected chi connectivity index (χ3v) is 7.08. The zero-order chi connectivity index (χ0) is 20.8. The Kier molecular flexibility index (Phi) is 4.86. The number of carbonyl (C=O) groups is 1. The van der Waals surface area contributed by atoms with Gasteiger partial charge in [-0.2, -0.15) is 0 Å². The van der Waals surface area contributed by atoms with Gasteiger partial charge in [0.15, 0.2) is 0 Å². The van der Waals surface area contributed by atoms with E-state index in [9.17, 15) is 4.79 Å². The van der Waals surface area contributed by atoms with Gasteiger partial charge in [-0.1, -0.05) is 18.6 Å². The minimum Gasteiger partial charge on any atom is -0.337 e. The van der Waals surface area contributed by atoms with Crippen molar-refractivity contribution in [2.24, 2.45) is 0 Å². The number of amides is 1. The van der Waals surface area contributed by atoms with Crippen LogP contribution in [0.5, 0.6) is 0 Å². The van der Waals surface area contributed by atoms with Crippen molar-refractivity contribution in [2.75, 3.05) is 20.1 Å². The molecule has 1 aromatic heterocycles. The summed E-state index contributed by atoms with van der Waals surface area (Å²) in [6.45, 7) is 6.20. The molecule has 1 unspecified atom stereocenters. The Balaban J connectivity index is 1.38. The van der Waals surface area contributed by atoms with E-state index in [1.165, 1.54) is 19.3 Å². The van der Waals surface area contributed by atoms with E-state index in [0.29, 0.717) is 6.04 Å². The van der Waals surface area contributed by atoms with Crippen LogP contribution in [-0.2, 0) is 0 Å². The van der Waals surface area contributed by atoms with Gasteiger partial charge in [0.2, 0.25) is 0 Å². The van der Waals surface area contributed by atoms with Gasteiger partial charge in [-0.25, -0.2) is 4.98 Å². The van der Waals surface area contributed by atoms with E-state index in [4.69, 9.17) is 0 Å². The van der Waals surface area contributed by atoms with Crippen LogP contribution in [0.4, 0.5) is 0 Å². The first-order chi connectivity index (χ1) is 14.5. The number of para-hydroxylation sites is 2. The van der Waals surface area contributed by atoms with Crippen LogP contribution in [0.1, 0.15) is 47.4 Å². The lowest BCUT2D eigenvalue weighted by molar-refractivity contribution is 0.0719. The van der Waals surface area contributed by atoms with Gasteiger partial charge in [-0.15, -0.1) is 0 Å². The second-order valence-electron chi connectivity index (χ2n) is 8.92. The number of hydrogen-bond donors (Lipinski definition) is 0. The van der Waals surface area contributed by atoms with Gasteiger partial charge in [-0.3, -0.25) is 14.3 Å². The molecular weight excluding hydrogens is 372 g/mol. The Morgan fingerprint density at radius 1 is 1.10 bits per heavy atom. The maximum atomic E-state index is 13.3. The predicted molar refractivity (Wildman–Crippen MR) is 120 cm³/mol. The maximum Gasteiger partial charge on any atom is 0.254 e. The number of fused-ring (bicyclic) bond motifs is 1. The lowest BCUT2D eigenvalue weighted by Gasteiger charge is -2.35. The Morgan fingerprint density at radius 3 is 2.63 bits per heavy atom. The molecule has 156 valence electrons. The van der Waals surface area contributed by atoms with E-state index < -0.39 is 0 Å². The normalized spacial score (nSPS) is 19.9. The van der Waals surface area contributed by atoms with Crippen LogP contribution in [0, 0.1) is 13.8 Å². The van der Waals surface area contributed by atoms with Crippen molar-refractivity contribution in [3.63, 3.8) is 0 Å². The standard InChI is InChI=1S/C25H30N4O/c1-17-15-20(29-18(2)26-23-9-4-5-10-24(23)29)11-12-22(17)25(30)27(3)21-13-14-28(16-21)19-7-6-8-19/h4-5,9-12,15,19,21H,6-8,13-14,16H2,1-3H3. The molecule has 5 rings (SSSR count). The molecule has 2 heterocycles. The van der Waals surface area contributed by atoms with E-state index in [-0.39, 0.29) is 5.91 Å². The van der Waals surface area contributed by atoms with Crippen LogP contribution in [0.15, 0.2) is 42.5 Å². The number of benzene rings is 2. The summed E-state index contributed by atoms with van der Waals surface area (Å²) in [6.07, 6.45) is 5.09. The van der Waals surface area contributed by atoms with E-state index in [0.717, 1.165) is 59.2 Å². The third-order valence-electron chi connectivity index (χ3n) is 7.08. The van der Waals surface area contributed by atoms with Crippen LogP contribution in [-0.4, -0.2) is 57.5 Å². The number of hydrogen-bond acceptors (Lipinski definition) is 3. The number of aryl methyl sites for hydroxylation is 2. The molecule has 1 saturated heterocycles. The number of imidazole rings is 1. The highest BCUT2D eigenvalue weighted by Gasteiger charge is 2.34. The van der Waals surface area contributed by atoms with Gasteiger partial charge in [-0.05, 0) is 69.0 Å². The Bertz CT molecular complexity index is 1100. The average Bonchev–Trinajstić information content (AvgIpc) is 3.29. The van der Waals surface area contributed by atoms with Crippen molar-refractivity contribution >= 4 is 16.9 Å². The zero-order valence-electron chi connectivity index (χ0n) is 18.1. The first-order valence-corrected chi connectivity index (χ1v) is 11.1. The predicted octanol–water partition coefficient (Wildman–Crippen LogP) is 4.34. The largest absolute Gasteiger partial charge is 0.337 e. The van der Waals surface area contributed by atoms with Crippen LogP contribution < -0.4 is 0 Å². The van der Waals surface area contributed by atoms with Gasteiger partial charge in [0.1, 0.15) is 5.82 Å². The minimum atomic E-state index is 0.131. The van der Waals surface area contributed by atoms with Crippen LogP contribution >= 0.6 is 0 Å². The first kappa shape index (κ1) is 19.3.